The Morgan fingerprint density at radius 3 is 2.91 bits per heavy atom. The minimum atomic E-state index is -0.283. The number of hydrogen-bond acceptors (Lipinski definition) is 6. The first-order chi connectivity index (χ1) is 16.0. The van der Waals surface area contributed by atoms with Gasteiger partial charge in [0.05, 0.1) is 12.6 Å². The van der Waals surface area contributed by atoms with Gasteiger partial charge >= 0.3 is 0 Å². The third-order valence-electron chi connectivity index (χ3n) is 6.60. The molecule has 1 amide bonds. The number of carbonyl (C=O) groups excluding carboxylic acids is 1. The smallest absolute Gasteiger partial charge is 0.259 e. The molecule has 2 aliphatic rings. The Balaban J connectivity index is 1.62. The van der Waals surface area contributed by atoms with Gasteiger partial charge in [-0.05, 0) is 62.1 Å². The molecule has 0 spiro atoms. The Kier molecular flexibility index (Phi) is 7.40. The van der Waals surface area contributed by atoms with Gasteiger partial charge in [0.2, 0.25) is 5.88 Å². The predicted octanol–water partition coefficient (Wildman–Crippen LogP) is 3.40. The molecule has 0 saturated carbocycles. The molecule has 0 bridgehead atoms. The second-order valence-electron chi connectivity index (χ2n) is 9.38. The van der Waals surface area contributed by atoms with E-state index >= 15 is 0 Å². The lowest BCUT2D eigenvalue weighted by atomic mass is 9.99. The Hall–Kier alpha value is -2.77. The third kappa shape index (κ3) is 5.42. The average molecular weight is 451 g/mol. The highest BCUT2D eigenvalue weighted by Crippen LogP contribution is 2.32. The number of aliphatic hydroxyl groups is 1. The van der Waals surface area contributed by atoms with E-state index in [0.29, 0.717) is 24.5 Å². The molecule has 33 heavy (non-hydrogen) atoms. The van der Waals surface area contributed by atoms with Gasteiger partial charge < -0.3 is 14.7 Å². The predicted molar refractivity (Wildman–Crippen MR) is 128 cm³/mol. The van der Waals surface area contributed by atoms with Gasteiger partial charge in [-0.25, -0.2) is 4.98 Å². The summed E-state index contributed by atoms with van der Waals surface area (Å²) in [6.07, 6.45) is 10.7. The number of likely N-dealkylation sites (N-methyl/N-ethyl adjacent to an activating group) is 1. The van der Waals surface area contributed by atoms with Crippen LogP contribution in [0.2, 0.25) is 0 Å². The molecule has 0 radical (unpaired) electrons. The zero-order valence-electron chi connectivity index (χ0n) is 19.8. The number of nitrogens with zero attached hydrogens (tertiary/aromatic N) is 4. The highest BCUT2D eigenvalue weighted by Gasteiger charge is 2.34. The Morgan fingerprint density at radius 2 is 2.21 bits per heavy atom. The van der Waals surface area contributed by atoms with Crippen LogP contribution in [0.3, 0.4) is 0 Å². The first kappa shape index (κ1) is 23.4. The lowest BCUT2D eigenvalue weighted by molar-refractivity contribution is 0.0325. The normalized spacial score (nSPS) is 21.8. The van der Waals surface area contributed by atoms with Crippen LogP contribution in [0.15, 0.2) is 42.9 Å². The summed E-state index contributed by atoms with van der Waals surface area (Å²) in [4.78, 5) is 26.3. The number of carbonyl (C=O) groups is 1. The van der Waals surface area contributed by atoms with E-state index in [9.17, 15) is 9.90 Å². The monoisotopic (exact) mass is 450 g/mol. The van der Waals surface area contributed by atoms with Crippen LogP contribution in [-0.2, 0) is 6.54 Å². The summed E-state index contributed by atoms with van der Waals surface area (Å²) >= 11 is 0. The first-order valence-corrected chi connectivity index (χ1v) is 11.8. The summed E-state index contributed by atoms with van der Waals surface area (Å²) in [6, 6.07) is 5.64. The van der Waals surface area contributed by atoms with Crippen molar-refractivity contribution in [1.29, 1.82) is 0 Å². The zero-order chi connectivity index (χ0) is 23.4. The molecular formula is C26H34N4O3. The molecule has 3 atom stereocenters. The molecule has 2 aromatic rings. The Bertz CT molecular complexity index is 994. The SMILES string of the molecule is C[C@@H]1CN([C@H](C)CO)C(=O)c2cc(C3=CCCC3)cnc2O[C@H]1CN(C)Cc1cccnc1. The van der Waals surface area contributed by atoms with Gasteiger partial charge in [0.15, 0.2) is 0 Å². The van der Waals surface area contributed by atoms with Crippen LogP contribution < -0.4 is 4.74 Å². The highest BCUT2D eigenvalue weighted by molar-refractivity contribution is 5.97. The number of allylic oxidation sites excluding steroid dienone is 2. The van der Waals surface area contributed by atoms with Gasteiger partial charge in [0, 0.05) is 44.1 Å². The highest BCUT2D eigenvalue weighted by atomic mass is 16.5. The van der Waals surface area contributed by atoms with Gasteiger partial charge in [0.1, 0.15) is 11.7 Å². The van der Waals surface area contributed by atoms with Crippen molar-refractivity contribution in [2.24, 2.45) is 5.92 Å². The second-order valence-corrected chi connectivity index (χ2v) is 9.38. The Morgan fingerprint density at radius 1 is 1.36 bits per heavy atom. The fraction of sp³-hybridized carbons (Fsp3) is 0.500. The van der Waals surface area contributed by atoms with Crippen LogP contribution >= 0.6 is 0 Å². The van der Waals surface area contributed by atoms with Crippen LogP contribution in [0.5, 0.6) is 5.88 Å². The van der Waals surface area contributed by atoms with E-state index in [1.807, 2.05) is 31.5 Å². The van der Waals surface area contributed by atoms with E-state index in [1.54, 1.807) is 11.1 Å². The minimum absolute atomic E-state index is 0.0615. The summed E-state index contributed by atoms with van der Waals surface area (Å²) in [7, 11) is 2.06. The number of aromatic nitrogens is 2. The number of pyridine rings is 2. The maximum Gasteiger partial charge on any atom is 0.259 e. The van der Waals surface area contributed by atoms with E-state index in [0.717, 1.165) is 36.9 Å². The maximum atomic E-state index is 13.5. The quantitative estimate of drug-likeness (QED) is 0.697. The van der Waals surface area contributed by atoms with Gasteiger partial charge in [0.25, 0.3) is 5.91 Å². The largest absolute Gasteiger partial charge is 0.472 e. The van der Waals surface area contributed by atoms with Crippen molar-refractivity contribution in [3.63, 3.8) is 0 Å². The molecule has 1 N–H and O–H groups in total. The van der Waals surface area contributed by atoms with Crippen LogP contribution in [0.4, 0.5) is 0 Å². The number of fused-ring (bicyclic) bond motifs is 1. The standard InChI is InChI=1S/C26H34N4O3/c1-18-14-30(19(2)17-31)26(32)23-11-22(21-8-4-5-9-21)13-28-25(23)33-24(18)16-29(3)15-20-7-6-10-27-12-20/h6-8,10-13,18-19,24,31H,4-5,9,14-17H2,1-3H3/t18-,19-,24+/m1/s1. The third-order valence-corrected chi connectivity index (χ3v) is 6.60. The van der Waals surface area contributed by atoms with Crippen molar-refractivity contribution in [2.75, 3.05) is 26.7 Å². The zero-order valence-corrected chi connectivity index (χ0v) is 19.8. The van der Waals surface area contributed by atoms with Crippen molar-refractivity contribution in [3.05, 3.63) is 59.6 Å². The molecule has 0 fully saturated rings. The lowest BCUT2D eigenvalue weighted by Crippen LogP contribution is -2.49. The van der Waals surface area contributed by atoms with Gasteiger partial charge in [-0.15, -0.1) is 0 Å². The van der Waals surface area contributed by atoms with Crippen molar-refractivity contribution in [2.45, 2.75) is 51.8 Å². The molecule has 176 valence electrons. The Labute approximate surface area is 196 Å². The van der Waals surface area contributed by atoms with Gasteiger partial charge in [-0.2, -0.15) is 0 Å². The molecule has 0 unspecified atom stereocenters. The van der Waals surface area contributed by atoms with E-state index in [-0.39, 0.29) is 30.6 Å². The molecule has 4 rings (SSSR count). The molecule has 3 heterocycles. The van der Waals surface area contributed by atoms with Crippen molar-refractivity contribution in [1.82, 2.24) is 19.8 Å². The summed E-state index contributed by atoms with van der Waals surface area (Å²) in [5, 5.41) is 9.84. The minimum Gasteiger partial charge on any atom is -0.472 e. The van der Waals surface area contributed by atoms with E-state index in [2.05, 4.69) is 41.0 Å². The number of amides is 1. The van der Waals surface area contributed by atoms with E-state index in [4.69, 9.17) is 4.74 Å². The first-order valence-electron chi connectivity index (χ1n) is 11.8. The van der Waals surface area contributed by atoms with Crippen molar-refractivity contribution < 1.29 is 14.6 Å². The number of rotatable bonds is 7. The number of hydrogen-bond donors (Lipinski definition) is 1. The molecule has 1 aliphatic carbocycles. The summed E-state index contributed by atoms with van der Waals surface area (Å²) in [5.41, 5.74) is 3.84. The summed E-state index contributed by atoms with van der Waals surface area (Å²) < 4.78 is 6.41. The molecule has 2 aromatic heterocycles. The maximum absolute atomic E-state index is 13.5. The molecule has 1 aliphatic heterocycles. The van der Waals surface area contributed by atoms with Gasteiger partial charge in [-0.1, -0.05) is 19.1 Å². The van der Waals surface area contributed by atoms with E-state index in [1.165, 1.54) is 5.57 Å². The molecule has 0 aromatic carbocycles. The summed E-state index contributed by atoms with van der Waals surface area (Å²) in [6.45, 7) is 5.84. The topological polar surface area (TPSA) is 78.8 Å². The fourth-order valence-electron chi connectivity index (χ4n) is 4.60. The number of aliphatic hydroxyl groups excluding tert-OH is 1. The molecule has 7 nitrogen and oxygen atoms in total. The molecule has 0 saturated heterocycles. The van der Waals surface area contributed by atoms with Crippen molar-refractivity contribution >= 4 is 11.5 Å². The summed E-state index contributed by atoms with van der Waals surface area (Å²) in [5.74, 6) is 0.309. The molecule has 7 heteroatoms. The average Bonchev–Trinajstić information content (AvgIpc) is 3.36. The van der Waals surface area contributed by atoms with Crippen LogP contribution in [0.25, 0.3) is 5.57 Å². The number of ether oxygens (including phenoxy) is 1. The van der Waals surface area contributed by atoms with Crippen LogP contribution in [0.1, 0.15) is 54.6 Å². The van der Waals surface area contributed by atoms with Gasteiger partial charge in [-0.3, -0.25) is 14.7 Å². The van der Waals surface area contributed by atoms with Crippen molar-refractivity contribution in [3.8, 4) is 5.88 Å². The van der Waals surface area contributed by atoms with Crippen LogP contribution in [-0.4, -0.2) is 69.7 Å². The van der Waals surface area contributed by atoms with E-state index < -0.39 is 0 Å². The fourth-order valence-corrected chi connectivity index (χ4v) is 4.60. The second kappa shape index (κ2) is 10.4. The molecular weight excluding hydrogens is 416 g/mol. The van der Waals surface area contributed by atoms with Crippen LogP contribution in [0, 0.1) is 5.92 Å². The lowest BCUT2D eigenvalue weighted by Gasteiger charge is -2.37.